The number of aryl methyl sites for hydroxylation is 1. The highest BCUT2D eigenvalue weighted by molar-refractivity contribution is 7.92. The molecule has 6 heteroatoms. The van der Waals surface area contributed by atoms with Crippen LogP contribution in [-0.2, 0) is 9.84 Å². The van der Waals surface area contributed by atoms with Gasteiger partial charge in [0, 0.05) is 5.56 Å². The number of hydrogen-bond donors (Lipinski definition) is 1. The smallest absolute Gasteiger partial charge is 0.184 e. The first-order chi connectivity index (χ1) is 9.94. The van der Waals surface area contributed by atoms with Crippen molar-refractivity contribution in [2.75, 3.05) is 5.75 Å². The molecule has 110 valence electrons. The van der Waals surface area contributed by atoms with Gasteiger partial charge in [-0.15, -0.1) is 0 Å². The van der Waals surface area contributed by atoms with Gasteiger partial charge in [0.2, 0.25) is 0 Å². The zero-order valence-corrected chi connectivity index (χ0v) is 12.1. The molecule has 0 aromatic heterocycles. The van der Waals surface area contributed by atoms with Crippen molar-refractivity contribution in [3.05, 3.63) is 65.5 Å². The lowest BCUT2D eigenvalue weighted by atomic mass is 10.1. The van der Waals surface area contributed by atoms with Crippen molar-refractivity contribution in [2.45, 2.75) is 11.8 Å². The SMILES string of the molecule is Cc1ccc(S(=O)(=O)C/C(=N/O)c2ccccc2F)cc1. The third kappa shape index (κ3) is 3.46. The van der Waals surface area contributed by atoms with E-state index in [4.69, 9.17) is 5.21 Å². The second kappa shape index (κ2) is 6.05. The van der Waals surface area contributed by atoms with Crippen LogP contribution in [0.2, 0.25) is 0 Å². The van der Waals surface area contributed by atoms with Gasteiger partial charge in [0.1, 0.15) is 17.3 Å². The standard InChI is InChI=1S/C15H14FNO3S/c1-11-6-8-12(9-7-11)21(19,20)10-15(17-18)13-4-2-3-5-14(13)16/h2-9,18H,10H2,1H3/b17-15-. The number of oxime groups is 1. The van der Waals surface area contributed by atoms with E-state index in [1.165, 1.54) is 30.3 Å². The van der Waals surface area contributed by atoms with E-state index in [0.29, 0.717) is 0 Å². The molecule has 0 fully saturated rings. The van der Waals surface area contributed by atoms with Crippen molar-refractivity contribution in [3.8, 4) is 0 Å². The lowest BCUT2D eigenvalue weighted by molar-refractivity contribution is 0.319. The van der Waals surface area contributed by atoms with Gasteiger partial charge in [-0.2, -0.15) is 0 Å². The van der Waals surface area contributed by atoms with E-state index in [9.17, 15) is 12.8 Å². The lowest BCUT2D eigenvalue weighted by Crippen LogP contribution is -2.18. The van der Waals surface area contributed by atoms with Crippen molar-refractivity contribution in [1.82, 2.24) is 0 Å². The van der Waals surface area contributed by atoms with Gasteiger partial charge in [-0.1, -0.05) is 41.1 Å². The third-order valence-electron chi connectivity index (χ3n) is 3.01. The highest BCUT2D eigenvalue weighted by atomic mass is 32.2. The maximum absolute atomic E-state index is 13.7. The molecule has 2 aromatic carbocycles. The molecule has 0 amide bonds. The van der Waals surface area contributed by atoms with Crippen LogP contribution in [0.5, 0.6) is 0 Å². The number of nitrogens with zero attached hydrogens (tertiary/aromatic N) is 1. The second-order valence-corrected chi connectivity index (χ2v) is 6.59. The summed E-state index contributed by atoms with van der Waals surface area (Å²) in [6.45, 7) is 1.84. The van der Waals surface area contributed by atoms with E-state index in [1.807, 2.05) is 6.92 Å². The first-order valence-electron chi connectivity index (χ1n) is 6.19. The minimum atomic E-state index is -3.71. The average Bonchev–Trinajstić information content (AvgIpc) is 2.46. The van der Waals surface area contributed by atoms with E-state index >= 15 is 0 Å². The summed E-state index contributed by atoms with van der Waals surface area (Å²) in [6, 6.07) is 11.9. The molecule has 0 aliphatic heterocycles. The molecule has 0 aliphatic carbocycles. The Morgan fingerprint density at radius 2 is 1.76 bits per heavy atom. The first-order valence-corrected chi connectivity index (χ1v) is 7.84. The minimum Gasteiger partial charge on any atom is -0.411 e. The summed E-state index contributed by atoms with van der Waals surface area (Å²) in [7, 11) is -3.71. The summed E-state index contributed by atoms with van der Waals surface area (Å²) in [4.78, 5) is 0.102. The van der Waals surface area contributed by atoms with Crippen molar-refractivity contribution in [3.63, 3.8) is 0 Å². The van der Waals surface area contributed by atoms with Crippen LogP contribution >= 0.6 is 0 Å². The van der Waals surface area contributed by atoms with E-state index < -0.39 is 21.4 Å². The van der Waals surface area contributed by atoms with Crippen LogP contribution in [0.3, 0.4) is 0 Å². The van der Waals surface area contributed by atoms with Crippen molar-refractivity contribution in [2.24, 2.45) is 5.16 Å². The fraction of sp³-hybridized carbons (Fsp3) is 0.133. The summed E-state index contributed by atoms with van der Waals surface area (Å²) >= 11 is 0. The molecule has 0 unspecified atom stereocenters. The van der Waals surface area contributed by atoms with Gasteiger partial charge in [0.05, 0.1) is 4.90 Å². The van der Waals surface area contributed by atoms with Gasteiger partial charge in [-0.05, 0) is 25.1 Å². The minimum absolute atomic E-state index is 0.0318. The van der Waals surface area contributed by atoms with E-state index in [-0.39, 0.29) is 16.2 Å². The largest absolute Gasteiger partial charge is 0.411 e. The Kier molecular flexibility index (Phi) is 4.37. The molecule has 2 aromatic rings. The Labute approximate surface area is 122 Å². The average molecular weight is 307 g/mol. The molecule has 0 heterocycles. The molecule has 0 spiro atoms. The highest BCUT2D eigenvalue weighted by Gasteiger charge is 2.21. The van der Waals surface area contributed by atoms with Crippen LogP contribution in [-0.4, -0.2) is 25.1 Å². The van der Waals surface area contributed by atoms with Crippen molar-refractivity contribution >= 4 is 15.5 Å². The molecule has 0 aliphatic rings. The molecular formula is C15H14FNO3S. The summed E-state index contributed by atoms with van der Waals surface area (Å²) in [5, 5.41) is 12.0. The van der Waals surface area contributed by atoms with Crippen LogP contribution in [0.1, 0.15) is 11.1 Å². The summed E-state index contributed by atoms with van der Waals surface area (Å²) in [5.74, 6) is -1.21. The molecule has 1 N–H and O–H groups in total. The zero-order valence-electron chi connectivity index (χ0n) is 11.3. The summed E-state index contributed by atoms with van der Waals surface area (Å²) in [6.07, 6.45) is 0. The fourth-order valence-corrected chi connectivity index (χ4v) is 3.16. The molecule has 4 nitrogen and oxygen atoms in total. The predicted molar refractivity (Wildman–Crippen MR) is 78.0 cm³/mol. The normalized spacial score (nSPS) is 12.4. The Balaban J connectivity index is 2.35. The van der Waals surface area contributed by atoms with Crippen LogP contribution in [0.15, 0.2) is 58.6 Å². The van der Waals surface area contributed by atoms with E-state index in [0.717, 1.165) is 5.56 Å². The number of halogens is 1. The topological polar surface area (TPSA) is 66.7 Å². The Hall–Kier alpha value is -2.21. The van der Waals surface area contributed by atoms with Gasteiger partial charge in [0.15, 0.2) is 9.84 Å². The van der Waals surface area contributed by atoms with Gasteiger partial charge in [-0.3, -0.25) is 0 Å². The molecule has 21 heavy (non-hydrogen) atoms. The Morgan fingerprint density at radius 3 is 2.33 bits per heavy atom. The van der Waals surface area contributed by atoms with Crippen LogP contribution < -0.4 is 0 Å². The van der Waals surface area contributed by atoms with E-state index in [1.54, 1.807) is 18.2 Å². The lowest BCUT2D eigenvalue weighted by Gasteiger charge is -2.08. The molecule has 0 saturated heterocycles. The number of rotatable bonds is 4. The molecule has 0 atom stereocenters. The molecule has 0 bridgehead atoms. The fourth-order valence-electron chi connectivity index (χ4n) is 1.86. The highest BCUT2D eigenvalue weighted by Crippen LogP contribution is 2.16. The van der Waals surface area contributed by atoms with Gasteiger partial charge < -0.3 is 5.21 Å². The summed E-state index contributed by atoms with van der Waals surface area (Å²) < 4.78 is 38.2. The maximum Gasteiger partial charge on any atom is 0.184 e. The molecule has 0 saturated carbocycles. The first kappa shape index (κ1) is 15.2. The number of hydrogen-bond acceptors (Lipinski definition) is 4. The quantitative estimate of drug-likeness (QED) is 0.536. The maximum atomic E-state index is 13.7. The van der Waals surface area contributed by atoms with Gasteiger partial charge in [0.25, 0.3) is 0 Å². The van der Waals surface area contributed by atoms with E-state index in [2.05, 4.69) is 5.16 Å². The molecule has 0 radical (unpaired) electrons. The molecular weight excluding hydrogens is 293 g/mol. The Bertz CT molecular complexity index is 768. The monoisotopic (exact) mass is 307 g/mol. The zero-order chi connectivity index (χ0) is 15.5. The second-order valence-electron chi connectivity index (χ2n) is 4.60. The van der Waals surface area contributed by atoms with Gasteiger partial charge >= 0.3 is 0 Å². The van der Waals surface area contributed by atoms with Crippen molar-refractivity contribution in [1.29, 1.82) is 0 Å². The summed E-state index contributed by atoms with van der Waals surface area (Å²) in [5.41, 5.74) is 0.670. The van der Waals surface area contributed by atoms with Crippen LogP contribution in [0, 0.1) is 12.7 Å². The van der Waals surface area contributed by atoms with Gasteiger partial charge in [-0.25, -0.2) is 12.8 Å². The molecule has 2 rings (SSSR count). The van der Waals surface area contributed by atoms with Crippen LogP contribution in [0.25, 0.3) is 0 Å². The third-order valence-corrected chi connectivity index (χ3v) is 4.66. The Morgan fingerprint density at radius 1 is 1.14 bits per heavy atom. The van der Waals surface area contributed by atoms with Crippen LogP contribution in [0.4, 0.5) is 4.39 Å². The number of sulfone groups is 1. The number of benzene rings is 2. The van der Waals surface area contributed by atoms with Crippen molar-refractivity contribution < 1.29 is 18.0 Å². The predicted octanol–water partition coefficient (Wildman–Crippen LogP) is 2.79.